The summed E-state index contributed by atoms with van der Waals surface area (Å²) in [4.78, 5) is 28.8. The van der Waals surface area contributed by atoms with Gasteiger partial charge in [-0.2, -0.15) is 4.98 Å². The lowest BCUT2D eigenvalue weighted by molar-refractivity contribution is -0.124. The van der Waals surface area contributed by atoms with E-state index in [2.05, 4.69) is 26.1 Å². The minimum absolute atomic E-state index is 0.0407. The molecule has 1 heterocycles. The van der Waals surface area contributed by atoms with Gasteiger partial charge in [0.25, 0.3) is 0 Å². The molecule has 1 aliphatic rings. The summed E-state index contributed by atoms with van der Waals surface area (Å²) in [7, 11) is 1.62. The summed E-state index contributed by atoms with van der Waals surface area (Å²) in [5.74, 6) is 0.499. The average Bonchev–Trinajstić information content (AvgIpc) is 3.33. The van der Waals surface area contributed by atoms with Crippen LogP contribution in [0.5, 0.6) is 0 Å². The Labute approximate surface area is 158 Å². The zero-order chi connectivity index (χ0) is 19.2. The molecule has 0 spiro atoms. The number of urea groups is 1. The number of aromatic nitrogens is 2. The van der Waals surface area contributed by atoms with Gasteiger partial charge in [-0.25, -0.2) is 4.79 Å². The molecular weight excluding hydrogens is 346 g/mol. The number of amides is 3. The van der Waals surface area contributed by atoms with Crippen LogP contribution in [0.4, 0.5) is 4.79 Å². The van der Waals surface area contributed by atoms with E-state index in [1.54, 1.807) is 7.05 Å². The van der Waals surface area contributed by atoms with Crippen molar-refractivity contribution in [3.63, 3.8) is 0 Å². The fourth-order valence-corrected chi connectivity index (χ4v) is 3.44. The Bertz CT molecular complexity index is 777. The fraction of sp³-hybridized carbons (Fsp3) is 0.474. The topological polar surface area (TPSA) is 109 Å². The van der Waals surface area contributed by atoms with Crippen LogP contribution in [0.3, 0.4) is 0 Å². The molecule has 1 aromatic heterocycles. The van der Waals surface area contributed by atoms with E-state index in [0.717, 1.165) is 12.0 Å². The summed E-state index contributed by atoms with van der Waals surface area (Å²) >= 11 is 0. The van der Waals surface area contributed by atoms with E-state index in [4.69, 9.17) is 4.52 Å². The Morgan fingerprint density at radius 1 is 1.22 bits per heavy atom. The first-order valence-corrected chi connectivity index (χ1v) is 9.27. The molecule has 1 aliphatic carbocycles. The molecule has 1 saturated carbocycles. The lowest BCUT2D eigenvalue weighted by atomic mass is 10.0. The van der Waals surface area contributed by atoms with E-state index < -0.39 is 0 Å². The number of nitrogens with zero attached hydrogens (tertiary/aromatic N) is 2. The van der Waals surface area contributed by atoms with Gasteiger partial charge in [-0.05, 0) is 19.3 Å². The van der Waals surface area contributed by atoms with Crippen LogP contribution in [0.1, 0.15) is 38.0 Å². The molecule has 3 amide bonds. The minimum Gasteiger partial charge on any atom is -0.359 e. The van der Waals surface area contributed by atoms with Gasteiger partial charge in [0.05, 0.1) is 5.92 Å². The molecule has 2 aromatic rings. The van der Waals surface area contributed by atoms with Crippen LogP contribution in [0.2, 0.25) is 0 Å². The van der Waals surface area contributed by atoms with Crippen LogP contribution < -0.4 is 16.0 Å². The Balaban J connectivity index is 1.78. The second-order valence-electron chi connectivity index (χ2n) is 6.72. The highest BCUT2D eigenvalue weighted by molar-refractivity contribution is 5.79. The van der Waals surface area contributed by atoms with Crippen LogP contribution in [0, 0.1) is 5.92 Å². The van der Waals surface area contributed by atoms with Crippen LogP contribution in [-0.2, 0) is 4.79 Å². The van der Waals surface area contributed by atoms with Gasteiger partial charge in [0.1, 0.15) is 0 Å². The molecule has 0 saturated heterocycles. The number of carbonyl (C=O) groups excluding carboxylic acids is 2. The van der Waals surface area contributed by atoms with Crippen molar-refractivity contribution >= 4 is 11.9 Å². The molecular formula is C19H25N5O3. The van der Waals surface area contributed by atoms with E-state index in [9.17, 15) is 9.59 Å². The Kier molecular flexibility index (Phi) is 6.05. The first-order valence-electron chi connectivity index (χ1n) is 9.27. The maximum Gasteiger partial charge on any atom is 0.315 e. The molecule has 27 heavy (non-hydrogen) atoms. The number of nitrogens with one attached hydrogen (secondary N) is 3. The SMILES string of the molecule is CCCNC(=O)N[C@H]1C[C@H](C(=O)NC)C[C@H]1c1nc(-c2ccccc2)no1. The lowest BCUT2D eigenvalue weighted by Crippen LogP contribution is -2.43. The summed E-state index contributed by atoms with van der Waals surface area (Å²) < 4.78 is 5.49. The largest absolute Gasteiger partial charge is 0.359 e. The lowest BCUT2D eigenvalue weighted by Gasteiger charge is -2.18. The number of rotatable bonds is 6. The van der Waals surface area contributed by atoms with E-state index >= 15 is 0 Å². The van der Waals surface area contributed by atoms with Gasteiger partial charge in [-0.3, -0.25) is 4.79 Å². The van der Waals surface area contributed by atoms with Crippen molar-refractivity contribution < 1.29 is 14.1 Å². The zero-order valence-electron chi connectivity index (χ0n) is 15.6. The normalized spacial score (nSPS) is 21.6. The van der Waals surface area contributed by atoms with Crippen molar-refractivity contribution in [1.29, 1.82) is 0 Å². The quantitative estimate of drug-likeness (QED) is 0.720. The second-order valence-corrected chi connectivity index (χ2v) is 6.72. The second kappa shape index (κ2) is 8.66. The first kappa shape index (κ1) is 18.9. The zero-order valence-corrected chi connectivity index (χ0v) is 15.6. The summed E-state index contributed by atoms with van der Waals surface area (Å²) in [6, 6.07) is 9.07. The van der Waals surface area contributed by atoms with Crippen LogP contribution in [-0.4, -0.2) is 41.7 Å². The van der Waals surface area contributed by atoms with Crippen molar-refractivity contribution in [2.75, 3.05) is 13.6 Å². The smallest absolute Gasteiger partial charge is 0.315 e. The third-order valence-corrected chi connectivity index (χ3v) is 4.82. The molecule has 0 aliphatic heterocycles. The molecule has 0 radical (unpaired) electrons. The molecule has 8 nitrogen and oxygen atoms in total. The maximum atomic E-state index is 12.1. The van der Waals surface area contributed by atoms with Gasteiger partial charge in [-0.15, -0.1) is 0 Å². The highest BCUT2D eigenvalue weighted by atomic mass is 16.5. The number of benzene rings is 1. The summed E-state index contributed by atoms with van der Waals surface area (Å²) in [6.45, 7) is 2.59. The van der Waals surface area contributed by atoms with Crippen molar-refractivity contribution in [1.82, 2.24) is 26.1 Å². The minimum atomic E-state index is -0.243. The third-order valence-electron chi connectivity index (χ3n) is 4.82. The van der Waals surface area contributed by atoms with E-state index in [1.165, 1.54) is 0 Å². The van der Waals surface area contributed by atoms with Crippen molar-refractivity contribution in [3.05, 3.63) is 36.2 Å². The molecule has 8 heteroatoms. The predicted octanol–water partition coefficient (Wildman–Crippen LogP) is 2.05. The van der Waals surface area contributed by atoms with E-state index in [1.807, 2.05) is 37.3 Å². The van der Waals surface area contributed by atoms with E-state index in [-0.39, 0.29) is 29.8 Å². The van der Waals surface area contributed by atoms with Crippen molar-refractivity contribution in [2.24, 2.45) is 5.92 Å². The van der Waals surface area contributed by atoms with Crippen LogP contribution >= 0.6 is 0 Å². The number of hydrogen-bond acceptors (Lipinski definition) is 5. The Morgan fingerprint density at radius 2 is 2.00 bits per heavy atom. The van der Waals surface area contributed by atoms with Gasteiger partial charge in [-0.1, -0.05) is 42.4 Å². The summed E-state index contributed by atoms with van der Waals surface area (Å²) in [6.07, 6.45) is 1.94. The highest BCUT2D eigenvalue weighted by Crippen LogP contribution is 2.38. The Morgan fingerprint density at radius 3 is 2.70 bits per heavy atom. The van der Waals surface area contributed by atoms with E-state index in [0.29, 0.717) is 31.1 Å². The van der Waals surface area contributed by atoms with Crippen LogP contribution in [0.15, 0.2) is 34.9 Å². The van der Waals surface area contributed by atoms with Crippen molar-refractivity contribution in [3.8, 4) is 11.4 Å². The number of carbonyl (C=O) groups is 2. The van der Waals surface area contributed by atoms with Gasteiger partial charge >= 0.3 is 6.03 Å². The molecule has 0 unspecified atom stereocenters. The summed E-state index contributed by atoms with van der Waals surface area (Å²) in [5.41, 5.74) is 0.860. The number of hydrogen-bond donors (Lipinski definition) is 3. The molecule has 1 fully saturated rings. The van der Waals surface area contributed by atoms with Gasteiger partial charge in [0.15, 0.2) is 0 Å². The summed E-state index contributed by atoms with van der Waals surface area (Å²) in [5, 5.41) is 12.5. The van der Waals surface area contributed by atoms with Crippen LogP contribution in [0.25, 0.3) is 11.4 Å². The van der Waals surface area contributed by atoms with Gasteiger partial charge in [0, 0.05) is 31.1 Å². The first-order chi connectivity index (χ1) is 13.1. The van der Waals surface area contributed by atoms with Gasteiger partial charge in [0.2, 0.25) is 17.6 Å². The molecule has 1 aromatic carbocycles. The molecule has 144 valence electrons. The third kappa shape index (κ3) is 4.45. The standard InChI is InChI=1S/C19H25N5O3/c1-3-9-21-19(26)22-15-11-13(17(25)20-2)10-14(15)18-23-16(24-27-18)12-7-5-4-6-8-12/h4-8,13-15H,3,9-11H2,1-2H3,(H,20,25)(H2,21,22,26)/t13-,14-,15+/m1/s1. The molecule has 3 rings (SSSR count). The monoisotopic (exact) mass is 371 g/mol. The van der Waals surface area contributed by atoms with Crippen molar-refractivity contribution in [2.45, 2.75) is 38.1 Å². The highest BCUT2D eigenvalue weighted by Gasteiger charge is 2.42. The fourth-order valence-electron chi connectivity index (χ4n) is 3.44. The molecule has 3 atom stereocenters. The molecule has 0 bridgehead atoms. The maximum absolute atomic E-state index is 12.1. The predicted molar refractivity (Wildman–Crippen MR) is 99.9 cm³/mol. The van der Waals surface area contributed by atoms with Gasteiger partial charge < -0.3 is 20.5 Å². The Hall–Kier alpha value is -2.90. The molecule has 3 N–H and O–H groups in total. The average molecular weight is 371 g/mol.